The largest absolute Gasteiger partial charge is 0.265 e. The van der Waals surface area contributed by atoms with Gasteiger partial charge in [-0.2, -0.15) is 0 Å². The lowest BCUT2D eigenvalue weighted by molar-refractivity contribution is 0.649. The van der Waals surface area contributed by atoms with Crippen molar-refractivity contribution in [3.05, 3.63) is 96.2 Å². The average molecular weight is 339 g/mol. The van der Waals surface area contributed by atoms with Crippen molar-refractivity contribution in [1.82, 2.24) is 25.0 Å². The third-order valence-electron chi connectivity index (χ3n) is 4.01. The maximum atomic E-state index is 4.28. The minimum absolute atomic E-state index is 0.683. The maximum absolute atomic E-state index is 4.28. The van der Waals surface area contributed by atoms with E-state index in [0.29, 0.717) is 6.54 Å². The summed E-state index contributed by atoms with van der Waals surface area (Å²) in [4.78, 5) is 8.05. The summed E-state index contributed by atoms with van der Waals surface area (Å²) in [6.45, 7) is 0.683. The molecule has 0 bridgehead atoms. The van der Waals surface area contributed by atoms with E-state index < -0.39 is 0 Å². The molecule has 0 spiro atoms. The SMILES string of the molecule is C(=C\c1ccc(-c2cn(Cc3ccncc3)nn2)cc1)/c1ccncc1. The van der Waals surface area contributed by atoms with Crippen molar-refractivity contribution in [2.75, 3.05) is 0 Å². The first-order valence-corrected chi connectivity index (χ1v) is 8.34. The van der Waals surface area contributed by atoms with Crippen molar-refractivity contribution in [3.63, 3.8) is 0 Å². The van der Waals surface area contributed by atoms with Crippen LogP contribution in [0.3, 0.4) is 0 Å². The number of hydrogen-bond donors (Lipinski definition) is 0. The second kappa shape index (κ2) is 7.53. The molecule has 0 amide bonds. The first-order chi connectivity index (χ1) is 12.9. The van der Waals surface area contributed by atoms with Crippen LogP contribution >= 0.6 is 0 Å². The van der Waals surface area contributed by atoms with E-state index in [4.69, 9.17) is 0 Å². The van der Waals surface area contributed by atoms with Crippen molar-refractivity contribution in [2.45, 2.75) is 6.54 Å². The van der Waals surface area contributed by atoms with Crippen molar-refractivity contribution in [2.24, 2.45) is 0 Å². The quantitative estimate of drug-likeness (QED) is 0.552. The molecule has 0 unspecified atom stereocenters. The lowest BCUT2D eigenvalue weighted by Crippen LogP contribution is -2.00. The fourth-order valence-electron chi connectivity index (χ4n) is 2.62. The third kappa shape index (κ3) is 3.89. The van der Waals surface area contributed by atoms with E-state index in [9.17, 15) is 0 Å². The van der Waals surface area contributed by atoms with Crippen LogP contribution in [0, 0.1) is 0 Å². The molecule has 0 fully saturated rings. The van der Waals surface area contributed by atoms with Crippen LogP contribution in [0.1, 0.15) is 16.7 Å². The molecule has 1 aromatic carbocycles. The first kappa shape index (κ1) is 15.9. The minimum Gasteiger partial charge on any atom is -0.265 e. The fraction of sp³-hybridized carbons (Fsp3) is 0.0476. The summed E-state index contributed by atoms with van der Waals surface area (Å²) in [7, 11) is 0. The van der Waals surface area contributed by atoms with Gasteiger partial charge in [-0.3, -0.25) is 9.97 Å². The summed E-state index contributed by atoms with van der Waals surface area (Å²) in [5.41, 5.74) is 5.32. The van der Waals surface area contributed by atoms with Gasteiger partial charge in [-0.05, 0) is 41.0 Å². The van der Waals surface area contributed by atoms with Crippen molar-refractivity contribution >= 4 is 12.2 Å². The number of benzene rings is 1. The minimum atomic E-state index is 0.683. The Morgan fingerprint density at radius 3 is 2.04 bits per heavy atom. The number of rotatable bonds is 5. The Morgan fingerprint density at radius 2 is 1.35 bits per heavy atom. The van der Waals surface area contributed by atoms with E-state index in [2.05, 4.69) is 56.7 Å². The second-order valence-electron chi connectivity index (χ2n) is 5.89. The monoisotopic (exact) mass is 339 g/mol. The number of aromatic nitrogens is 5. The molecule has 0 atom stereocenters. The summed E-state index contributed by atoms with van der Waals surface area (Å²) >= 11 is 0. The summed E-state index contributed by atoms with van der Waals surface area (Å²) in [5, 5.41) is 8.49. The third-order valence-corrected chi connectivity index (χ3v) is 4.01. The fourth-order valence-corrected chi connectivity index (χ4v) is 2.62. The van der Waals surface area contributed by atoms with Gasteiger partial charge >= 0.3 is 0 Å². The van der Waals surface area contributed by atoms with Gasteiger partial charge in [0.2, 0.25) is 0 Å². The van der Waals surface area contributed by atoms with Gasteiger partial charge < -0.3 is 0 Å². The molecule has 0 aliphatic heterocycles. The van der Waals surface area contributed by atoms with Crippen LogP contribution < -0.4 is 0 Å². The molecule has 26 heavy (non-hydrogen) atoms. The molecule has 0 saturated heterocycles. The zero-order valence-electron chi connectivity index (χ0n) is 14.1. The molecule has 4 rings (SSSR count). The number of hydrogen-bond acceptors (Lipinski definition) is 4. The van der Waals surface area contributed by atoms with Gasteiger partial charge in [-0.25, -0.2) is 4.68 Å². The van der Waals surface area contributed by atoms with E-state index in [1.807, 2.05) is 35.1 Å². The summed E-state index contributed by atoms with van der Waals surface area (Å²) in [5.74, 6) is 0. The van der Waals surface area contributed by atoms with Gasteiger partial charge in [0.05, 0.1) is 12.7 Å². The Kier molecular flexibility index (Phi) is 4.60. The molecule has 0 aliphatic carbocycles. The van der Waals surface area contributed by atoms with E-state index in [1.165, 1.54) is 0 Å². The normalized spacial score (nSPS) is 11.1. The highest BCUT2D eigenvalue weighted by Crippen LogP contribution is 2.18. The molecule has 3 aromatic heterocycles. The zero-order chi connectivity index (χ0) is 17.6. The number of nitrogens with zero attached hydrogens (tertiary/aromatic N) is 5. The van der Waals surface area contributed by atoms with Gasteiger partial charge in [0.25, 0.3) is 0 Å². The van der Waals surface area contributed by atoms with E-state index in [1.54, 1.807) is 24.8 Å². The van der Waals surface area contributed by atoms with Gasteiger partial charge in [0.1, 0.15) is 5.69 Å². The highest BCUT2D eigenvalue weighted by molar-refractivity contribution is 5.71. The average Bonchev–Trinajstić information content (AvgIpc) is 3.17. The van der Waals surface area contributed by atoms with E-state index in [-0.39, 0.29) is 0 Å². The molecule has 0 aliphatic rings. The highest BCUT2D eigenvalue weighted by Gasteiger charge is 2.04. The summed E-state index contributed by atoms with van der Waals surface area (Å²) in [6.07, 6.45) is 13.3. The molecular formula is C21H17N5. The molecule has 0 radical (unpaired) electrons. The Balaban J connectivity index is 1.46. The van der Waals surface area contributed by atoms with Crippen LogP contribution in [0.4, 0.5) is 0 Å². The first-order valence-electron chi connectivity index (χ1n) is 8.34. The Labute approximate surface area is 151 Å². The van der Waals surface area contributed by atoms with Crippen molar-refractivity contribution in [3.8, 4) is 11.3 Å². The standard InChI is InChI=1S/C21H17N5/c1(2-18-7-11-22-12-8-18)17-3-5-20(6-4-17)21-16-26(25-24-21)15-19-9-13-23-14-10-19/h1-14,16H,15H2/b2-1+. The molecular weight excluding hydrogens is 322 g/mol. The molecule has 0 N–H and O–H groups in total. The predicted octanol–water partition coefficient (Wildman–Crippen LogP) is 3.95. The van der Waals surface area contributed by atoms with Crippen LogP contribution in [-0.2, 0) is 6.54 Å². The van der Waals surface area contributed by atoms with Crippen molar-refractivity contribution < 1.29 is 0 Å². The van der Waals surface area contributed by atoms with Gasteiger partial charge in [0.15, 0.2) is 0 Å². The molecule has 3 heterocycles. The van der Waals surface area contributed by atoms with Crippen LogP contribution in [0.25, 0.3) is 23.4 Å². The second-order valence-corrected chi connectivity index (χ2v) is 5.89. The Hall–Kier alpha value is -3.60. The topological polar surface area (TPSA) is 56.5 Å². The lowest BCUT2D eigenvalue weighted by atomic mass is 10.1. The molecule has 4 aromatic rings. The van der Waals surface area contributed by atoms with Gasteiger partial charge in [-0.1, -0.05) is 41.6 Å². The number of pyridine rings is 2. The van der Waals surface area contributed by atoms with Gasteiger partial charge in [-0.15, -0.1) is 5.10 Å². The molecule has 5 nitrogen and oxygen atoms in total. The maximum Gasteiger partial charge on any atom is 0.113 e. The Morgan fingerprint density at radius 1 is 0.731 bits per heavy atom. The zero-order valence-corrected chi connectivity index (χ0v) is 14.1. The summed E-state index contributed by atoms with van der Waals surface area (Å²) in [6, 6.07) is 16.2. The van der Waals surface area contributed by atoms with Crippen LogP contribution in [0.2, 0.25) is 0 Å². The van der Waals surface area contributed by atoms with Crippen LogP contribution in [-0.4, -0.2) is 25.0 Å². The molecule has 126 valence electrons. The van der Waals surface area contributed by atoms with Crippen LogP contribution in [0.15, 0.2) is 79.5 Å². The van der Waals surface area contributed by atoms with E-state index in [0.717, 1.165) is 27.9 Å². The molecule has 0 saturated carbocycles. The lowest BCUT2D eigenvalue weighted by Gasteiger charge is -1.99. The Bertz CT molecular complexity index is 990. The predicted molar refractivity (Wildman–Crippen MR) is 102 cm³/mol. The highest BCUT2D eigenvalue weighted by atomic mass is 15.4. The summed E-state index contributed by atoms with van der Waals surface area (Å²) < 4.78 is 1.84. The van der Waals surface area contributed by atoms with E-state index >= 15 is 0 Å². The van der Waals surface area contributed by atoms with Crippen LogP contribution in [0.5, 0.6) is 0 Å². The van der Waals surface area contributed by atoms with Crippen molar-refractivity contribution in [1.29, 1.82) is 0 Å². The van der Waals surface area contributed by atoms with Gasteiger partial charge in [0, 0.05) is 30.4 Å². The molecule has 5 heteroatoms. The smallest absolute Gasteiger partial charge is 0.113 e.